The van der Waals surface area contributed by atoms with Gasteiger partial charge in [-0.2, -0.15) is 11.3 Å². The average Bonchev–Trinajstić information content (AvgIpc) is 3.32. The van der Waals surface area contributed by atoms with Crippen molar-refractivity contribution in [3.05, 3.63) is 56.9 Å². The number of carbonyl (C=O) groups is 1. The van der Waals surface area contributed by atoms with Gasteiger partial charge in [-0.05, 0) is 37.6 Å². The van der Waals surface area contributed by atoms with Gasteiger partial charge in [-0.1, -0.05) is 0 Å². The Morgan fingerprint density at radius 2 is 2.31 bits per heavy atom. The topological polar surface area (TPSA) is 92.1 Å². The molecule has 8 heteroatoms. The van der Waals surface area contributed by atoms with Gasteiger partial charge in [0, 0.05) is 23.6 Å². The number of oxazole rings is 1. The van der Waals surface area contributed by atoms with E-state index in [2.05, 4.69) is 15.0 Å². The third-order valence-corrected chi connectivity index (χ3v) is 5.28. The van der Waals surface area contributed by atoms with Crippen LogP contribution in [0.25, 0.3) is 11.3 Å². The molecule has 134 valence electrons. The van der Waals surface area contributed by atoms with Crippen LogP contribution in [0.4, 0.5) is 0 Å². The van der Waals surface area contributed by atoms with Crippen LogP contribution in [0.2, 0.25) is 0 Å². The van der Waals surface area contributed by atoms with Crippen molar-refractivity contribution < 1.29 is 9.21 Å². The van der Waals surface area contributed by atoms with Gasteiger partial charge in [-0.3, -0.25) is 9.59 Å². The summed E-state index contributed by atoms with van der Waals surface area (Å²) < 4.78 is 5.28. The summed E-state index contributed by atoms with van der Waals surface area (Å²) in [6.07, 6.45) is 3.90. The molecule has 1 N–H and O–H groups in total. The molecule has 0 unspecified atom stereocenters. The Kier molecular flexibility index (Phi) is 4.42. The van der Waals surface area contributed by atoms with Crippen LogP contribution in [0.5, 0.6) is 0 Å². The van der Waals surface area contributed by atoms with Gasteiger partial charge in [0.2, 0.25) is 5.76 Å². The van der Waals surface area contributed by atoms with E-state index in [4.69, 9.17) is 4.42 Å². The first-order chi connectivity index (χ1) is 12.6. The molecule has 0 saturated carbocycles. The number of piperidine rings is 1. The third kappa shape index (κ3) is 3.08. The Morgan fingerprint density at radius 1 is 1.42 bits per heavy atom. The molecule has 1 aliphatic rings. The summed E-state index contributed by atoms with van der Waals surface area (Å²) in [5.41, 5.74) is 1.87. The van der Waals surface area contributed by atoms with E-state index in [9.17, 15) is 9.59 Å². The summed E-state index contributed by atoms with van der Waals surface area (Å²) in [4.78, 5) is 38.3. The van der Waals surface area contributed by atoms with E-state index >= 15 is 0 Å². The molecule has 4 heterocycles. The Hall–Kier alpha value is -2.74. The molecule has 4 rings (SSSR count). The molecule has 3 aromatic heterocycles. The number of aromatic nitrogens is 3. The summed E-state index contributed by atoms with van der Waals surface area (Å²) >= 11 is 1.55. The van der Waals surface area contributed by atoms with Crippen LogP contribution in [0.15, 0.2) is 38.5 Å². The SMILES string of the molecule is Cc1ncoc1C(=O)N1CCCC[C@@H]1c1nc(-c2ccsc2)cc(=O)[nH]1. The first-order valence-electron chi connectivity index (χ1n) is 8.48. The number of hydrogen-bond donors (Lipinski definition) is 1. The Morgan fingerprint density at radius 3 is 3.04 bits per heavy atom. The summed E-state index contributed by atoms with van der Waals surface area (Å²) in [6, 6.07) is 3.13. The Balaban J connectivity index is 1.72. The molecular formula is C18H18N4O3S. The molecule has 1 saturated heterocycles. The van der Waals surface area contributed by atoms with Crippen LogP contribution in [0.1, 0.15) is 47.4 Å². The van der Waals surface area contributed by atoms with Gasteiger partial charge in [0.1, 0.15) is 5.82 Å². The maximum atomic E-state index is 12.9. The molecule has 1 fully saturated rings. The highest BCUT2D eigenvalue weighted by Crippen LogP contribution is 2.31. The van der Waals surface area contributed by atoms with Gasteiger partial charge in [-0.15, -0.1) is 0 Å². The van der Waals surface area contributed by atoms with E-state index in [0.717, 1.165) is 24.8 Å². The van der Waals surface area contributed by atoms with Gasteiger partial charge >= 0.3 is 0 Å². The van der Waals surface area contributed by atoms with Crippen LogP contribution in [0.3, 0.4) is 0 Å². The number of carbonyl (C=O) groups excluding carboxylic acids is 1. The number of nitrogens with zero attached hydrogens (tertiary/aromatic N) is 3. The maximum Gasteiger partial charge on any atom is 0.292 e. The van der Waals surface area contributed by atoms with E-state index in [0.29, 0.717) is 23.8 Å². The third-order valence-electron chi connectivity index (χ3n) is 4.60. The number of likely N-dealkylation sites (tertiary alicyclic amines) is 1. The molecule has 0 bridgehead atoms. The van der Waals surface area contributed by atoms with Crippen molar-refractivity contribution in [1.82, 2.24) is 19.9 Å². The minimum atomic E-state index is -0.285. The van der Waals surface area contributed by atoms with Crippen molar-refractivity contribution in [1.29, 1.82) is 0 Å². The summed E-state index contributed by atoms with van der Waals surface area (Å²) in [5.74, 6) is 0.547. The fourth-order valence-electron chi connectivity index (χ4n) is 3.29. The second-order valence-corrected chi connectivity index (χ2v) is 7.08. The van der Waals surface area contributed by atoms with Crippen molar-refractivity contribution in [2.24, 2.45) is 0 Å². The molecule has 0 aromatic carbocycles. The smallest absolute Gasteiger partial charge is 0.292 e. The summed E-state index contributed by atoms with van der Waals surface area (Å²) in [7, 11) is 0. The number of rotatable bonds is 3. The molecule has 3 aromatic rings. The van der Waals surface area contributed by atoms with Gasteiger partial charge < -0.3 is 14.3 Å². The van der Waals surface area contributed by atoms with E-state index in [-0.39, 0.29) is 23.3 Å². The zero-order valence-corrected chi connectivity index (χ0v) is 15.1. The number of nitrogens with one attached hydrogen (secondary N) is 1. The van der Waals surface area contributed by atoms with Crippen molar-refractivity contribution in [2.75, 3.05) is 6.54 Å². The van der Waals surface area contributed by atoms with Gasteiger partial charge in [-0.25, -0.2) is 9.97 Å². The van der Waals surface area contributed by atoms with Crippen molar-refractivity contribution in [3.63, 3.8) is 0 Å². The van der Waals surface area contributed by atoms with Crippen LogP contribution in [0, 0.1) is 6.92 Å². The quantitative estimate of drug-likeness (QED) is 0.764. The van der Waals surface area contributed by atoms with E-state index < -0.39 is 0 Å². The fourth-order valence-corrected chi connectivity index (χ4v) is 3.94. The largest absolute Gasteiger partial charge is 0.438 e. The highest BCUT2D eigenvalue weighted by molar-refractivity contribution is 7.08. The number of thiophene rings is 1. The second-order valence-electron chi connectivity index (χ2n) is 6.30. The first kappa shape index (κ1) is 16.7. The predicted molar refractivity (Wildman–Crippen MR) is 97.0 cm³/mol. The van der Waals surface area contributed by atoms with Crippen molar-refractivity contribution in [2.45, 2.75) is 32.2 Å². The lowest BCUT2D eigenvalue weighted by molar-refractivity contribution is 0.0566. The summed E-state index contributed by atoms with van der Waals surface area (Å²) in [6.45, 7) is 2.34. The Labute approximate surface area is 153 Å². The predicted octanol–water partition coefficient (Wildman–Crippen LogP) is 3.16. The second kappa shape index (κ2) is 6.87. The zero-order chi connectivity index (χ0) is 18.1. The monoisotopic (exact) mass is 370 g/mol. The first-order valence-corrected chi connectivity index (χ1v) is 9.42. The average molecular weight is 370 g/mol. The number of aryl methyl sites for hydroxylation is 1. The van der Waals surface area contributed by atoms with Crippen LogP contribution >= 0.6 is 11.3 Å². The lowest BCUT2D eigenvalue weighted by Crippen LogP contribution is -2.40. The molecule has 1 aliphatic heterocycles. The number of amides is 1. The number of H-pyrrole nitrogens is 1. The van der Waals surface area contributed by atoms with Gasteiger partial charge in [0.25, 0.3) is 11.5 Å². The van der Waals surface area contributed by atoms with Gasteiger partial charge in [0.05, 0.1) is 17.4 Å². The molecule has 7 nitrogen and oxygen atoms in total. The van der Waals surface area contributed by atoms with Crippen LogP contribution in [-0.4, -0.2) is 32.3 Å². The molecular weight excluding hydrogens is 352 g/mol. The molecule has 26 heavy (non-hydrogen) atoms. The summed E-state index contributed by atoms with van der Waals surface area (Å²) in [5, 5.41) is 3.90. The number of aromatic amines is 1. The number of hydrogen-bond acceptors (Lipinski definition) is 6. The molecule has 1 atom stereocenters. The fraction of sp³-hybridized carbons (Fsp3) is 0.333. The highest BCUT2D eigenvalue weighted by Gasteiger charge is 2.33. The van der Waals surface area contributed by atoms with Crippen molar-refractivity contribution >= 4 is 17.2 Å². The minimum Gasteiger partial charge on any atom is -0.438 e. The van der Waals surface area contributed by atoms with E-state index in [1.807, 2.05) is 16.8 Å². The lowest BCUT2D eigenvalue weighted by atomic mass is 10.0. The van der Waals surface area contributed by atoms with Crippen molar-refractivity contribution in [3.8, 4) is 11.3 Å². The minimum absolute atomic E-state index is 0.215. The highest BCUT2D eigenvalue weighted by atomic mass is 32.1. The van der Waals surface area contributed by atoms with E-state index in [1.54, 1.807) is 23.2 Å². The standard InChI is InChI=1S/C18H18N4O3S/c1-11-16(25-10-19-11)18(24)22-6-3-2-4-14(22)17-20-13(8-15(23)21-17)12-5-7-26-9-12/h5,7-10,14H,2-4,6H2,1H3,(H,20,21,23)/t14-/m1/s1. The maximum absolute atomic E-state index is 12.9. The van der Waals surface area contributed by atoms with Gasteiger partial charge in [0.15, 0.2) is 6.39 Å². The molecule has 0 aliphatic carbocycles. The lowest BCUT2D eigenvalue weighted by Gasteiger charge is -2.34. The van der Waals surface area contributed by atoms with Crippen LogP contribution in [-0.2, 0) is 0 Å². The molecule has 0 spiro atoms. The Bertz CT molecular complexity index is 976. The zero-order valence-electron chi connectivity index (χ0n) is 14.3. The normalized spacial score (nSPS) is 17.4. The molecule has 0 radical (unpaired) electrons. The van der Waals surface area contributed by atoms with Crippen LogP contribution < -0.4 is 5.56 Å². The molecule has 1 amide bonds. The van der Waals surface area contributed by atoms with E-state index in [1.165, 1.54) is 12.5 Å².